The average molecular weight is 298 g/mol. The molecule has 21 heavy (non-hydrogen) atoms. The molecule has 1 saturated carbocycles. The Hall–Kier alpha value is -1.34. The quantitative estimate of drug-likeness (QED) is 0.796. The van der Waals surface area contributed by atoms with Crippen LogP contribution < -0.4 is 5.32 Å². The standard InChI is InChI=1S/C14H22N2O5/c17-13(18)12-5-4-9(21-12)8-15-14(19)16-6-7-20-11-3-1-2-10(11)16/h9-12H,1-8H2,(H,15,19)(H,17,18). The Morgan fingerprint density at radius 1 is 1.24 bits per heavy atom. The van der Waals surface area contributed by atoms with Gasteiger partial charge in [0.15, 0.2) is 6.10 Å². The molecule has 3 fully saturated rings. The first-order chi connectivity index (χ1) is 10.1. The Bertz CT molecular complexity index is 416. The lowest BCUT2D eigenvalue weighted by molar-refractivity contribution is -0.149. The van der Waals surface area contributed by atoms with Crippen LogP contribution in [0, 0.1) is 0 Å². The number of fused-ring (bicyclic) bond motifs is 1. The van der Waals surface area contributed by atoms with Crippen LogP contribution in [0.15, 0.2) is 0 Å². The van der Waals surface area contributed by atoms with Crippen molar-refractivity contribution in [2.24, 2.45) is 0 Å². The van der Waals surface area contributed by atoms with E-state index in [2.05, 4.69) is 5.32 Å². The maximum absolute atomic E-state index is 12.3. The summed E-state index contributed by atoms with van der Waals surface area (Å²) in [6, 6.07) is 0.104. The lowest BCUT2D eigenvalue weighted by Gasteiger charge is -2.37. The number of ether oxygens (including phenoxy) is 2. The normalized spacial score (nSPS) is 35.5. The predicted molar refractivity (Wildman–Crippen MR) is 73.0 cm³/mol. The summed E-state index contributed by atoms with van der Waals surface area (Å²) in [5, 5.41) is 11.8. The van der Waals surface area contributed by atoms with Crippen LogP contribution in [0.2, 0.25) is 0 Å². The van der Waals surface area contributed by atoms with E-state index >= 15 is 0 Å². The van der Waals surface area contributed by atoms with Crippen LogP contribution in [0.25, 0.3) is 0 Å². The number of amides is 2. The third-order valence-electron chi connectivity index (χ3n) is 4.61. The molecule has 2 N–H and O–H groups in total. The molecule has 4 atom stereocenters. The number of hydrogen-bond donors (Lipinski definition) is 2. The van der Waals surface area contributed by atoms with Gasteiger partial charge < -0.3 is 24.8 Å². The van der Waals surface area contributed by atoms with Crippen molar-refractivity contribution in [2.75, 3.05) is 19.7 Å². The van der Waals surface area contributed by atoms with Gasteiger partial charge in [0.25, 0.3) is 0 Å². The highest BCUT2D eigenvalue weighted by Gasteiger charge is 2.38. The summed E-state index contributed by atoms with van der Waals surface area (Å²) < 4.78 is 11.1. The summed E-state index contributed by atoms with van der Waals surface area (Å²) in [6.45, 7) is 1.59. The van der Waals surface area contributed by atoms with Gasteiger partial charge in [0.1, 0.15) is 0 Å². The van der Waals surface area contributed by atoms with E-state index in [4.69, 9.17) is 14.6 Å². The molecule has 0 aromatic heterocycles. The summed E-state index contributed by atoms with van der Waals surface area (Å²) in [5.74, 6) is -0.925. The van der Waals surface area contributed by atoms with Crippen molar-refractivity contribution in [3.8, 4) is 0 Å². The number of carbonyl (C=O) groups is 2. The van der Waals surface area contributed by atoms with Gasteiger partial charge in [-0.05, 0) is 32.1 Å². The first kappa shape index (κ1) is 14.6. The molecule has 0 spiro atoms. The van der Waals surface area contributed by atoms with Crippen molar-refractivity contribution in [1.82, 2.24) is 10.2 Å². The van der Waals surface area contributed by atoms with Crippen molar-refractivity contribution in [3.05, 3.63) is 0 Å². The number of urea groups is 1. The van der Waals surface area contributed by atoms with Crippen LogP contribution in [0.3, 0.4) is 0 Å². The molecule has 2 heterocycles. The molecule has 0 aromatic rings. The third-order valence-corrected chi connectivity index (χ3v) is 4.61. The molecule has 3 aliphatic rings. The van der Waals surface area contributed by atoms with Crippen molar-refractivity contribution in [1.29, 1.82) is 0 Å². The summed E-state index contributed by atoms with van der Waals surface area (Å²) in [5.41, 5.74) is 0. The van der Waals surface area contributed by atoms with Gasteiger partial charge >= 0.3 is 12.0 Å². The third kappa shape index (κ3) is 3.13. The van der Waals surface area contributed by atoms with E-state index in [1.807, 2.05) is 4.90 Å². The molecule has 118 valence electrons. The van der Waals surface area contributed by atoms with E-state index in [9.17, 15) is 9.59 Å². The second-order valence-corrected chi connectivity index (χ2v) is 5.95. The van der Waals surface area contributed by atoms with Gasteiger partial charge in [0.05, 0.1) is 24.9 Å². The zero-order valence-electron chi connectivity index (χ0n) is 12.0. The lowest BCUT2D eigenvalue weighted by atomic mass is 10.1. The van der Waals surface area contributed by atoms with Gasteiger partial charge in [-0.15, -0.1) is 0 Å². The Balaban J connectivity index is 1.47. The minimum absolute atomic E-state index is 0.0856. The predicted octanol–water partition coefficient (Wildman–Crippen LogP) is 0.582. The molecule has 2 amide bonds. The van der Waals surface area contributed by atoms with E-state index in [0.717, 1.165) is 19.3 Å². The highest BCUT2D eigenvalue weighted by molar-refractivity contribution is 5.75. The Kier molecular flexibility index (Phi) is 4.30. The monoisotopic (exact) mass is 298 g/mol. The minimum Gasteiger partial charge on any atom is -0.479 e. The van der Waals surface area contributed by atoms with Crippen LogP contribution in [-0.2, 0) is 14.3 Å². The van der Waals surface area contributed by atoms with Crippen LogP contribution in [-0.4, -0.2) is 66.1 Å². The van der Waals surface area contributed by atoms with Gasteiger partial charge in [0.2, 0.25) is 0 Å². The summed E-state index contributed by atoms with van der Waals surface area (Å²) in [7, 11) is 0. The van der Waals surface area contributed by atoms with Gasteiger partial charge in [0, 0.05) is 13.1 Å². The molecule has 7 nitrogen and oxygen atoms in total. The van der Waals surface area contributed by atoms with E-state index in [1.54, 1.807) is 0 Å². The molecule has 0 bridgehead atoms. The number of hydrogen-bond acceptors (Lipinski definition) is 4. The van der Waals surface area contributed by atoms with Gasteiger partial charge in [-0.25, -0.2) is 9.59 Å². The van der Waals surface area contributed by atoms with E-state index in [1.165, 1.54) is 0 Å². The molecule has 2 aliphatic heterocycles. The summed E-state index contributed by atoms with van der Waals surface area (Å²) >= 11 is 0. The number of nitrogens with one attached hydrogen (secondary N) is 1. The van der Waals surface area contributed by atoms with Crippen LogP contribution >= 0.6 is 0 Å². The van der Waals surface area contributed by atoms with Crippen LogP contribution in [0.4, 0.5) is 4.79 Å². The van der Waals surface area contributed by atoms with Crippen molar-refractivity contribution in [2.45, 2.75) is 56.5 Å². The number of carbonyl (C=O) groups excluding carboxylic acids is 1. The molecular weight excluding hydrogens is 276 g/mol. The fraction of sp³-hybridized carbons (Fsp3) is 0.857. The largest absolute Gasteiger partial charge is 0.479 e. The topological polar surface area (TPSA) is 88.1 Å². The first-order valence-electron chi connectivity index (χ1n) is 7.69. The second kappa shape index (κ2) is 6.19. The van der Waals surface area contributed by atoms with Crippen molar-refractivity contribution < 1.29 is 24.2 Å². The molecule has 4 unspecified atom stereocenters. The Morgan fingerprint density at radius 3 is 2.86 bits per heavy atom. The van der Waals surface area contributed by atoms with E-state index in [-0.39, 0.29) is 24.3 Å². The number of rotatable bonds is 3. The number of nitrogens with zero attached hydrogens (tertiary/aromatic N) is 1. The van der Waals surface area contributed by atoms with Crippen molar-refractivity contribution in [3.63, 3.8) is 0 Å². The minimum atomic E-state index is -0.925. The first-order valence-corrected chi connectivity index (χ1v) is 7.69. The molecule has 0 aromatic carbocycles. The SMILES string of the molecule is O=C(O)C1CCC(CNC(=O)N2CCOC3CCCC32)O1. The van der Waals surface area contributed by atoms with Crippen molar-refractivity contribution >= 4 is 12.0 Å². The van der Waals surface area contributed by atoms with Crippen LogP contribution in [0.5, 0.6) is 0 Å². The number of aliphatic carboxylic acids is 1. The maximum Gasteiger partial charge on any atom is 0.332 e. The fourth-order valence-electron chi connectivity index (χ4n) is 3.52. The highest BCUT2D eigenvalue weighted by Crippen LogP contribution is 2.29. The van der Waals surface area contributed by atoms with Gasteiger partial charge in [-0.3, -0.25) is 0 Å². The maximum atomic E-state index is 12.3. The average Bonchev–Trinajstić information content (AvgIpc) is 3.12. The summed E-state index contributed by atoms with van der Waals surface area (Å²) in [4.78, 5) is 25.0. The molecule has 2 saturated heterocycles. The molecule has 3 rings (SSSR count). The highest BCUT2D eigenvalue weighted by atomic mass is 16.5. The van der Waals surface area contributed by atoms with E-state index in [0.29, 0.717) is 32.5 Å². The molecule has 0 radical (unpaired) electrons. The smallest absolute Gasteiger partial charge is 0.332 e. The Labute approximate surface area is 123 Å². The fourth-order valence-corrected chi connectivity index (χ4v) is 3.52. The van der Waals surface area contributed by atoms with Gasteiger partial charge in [-0.1, -0.05) is 0 Å². The second-order valence-electron chi connectivity index (χ2n) is 5.95. The van der Waals surface area contributed by atoms with E-state index < -0.39 is 12.1 Å². The zero-order valence-corrected chi connectivity index (χ0v) is 12.0. The van der Waals surface area contributed by atoms with Gasteiger partial charge in [-0.2, -0.15) is 0 Å². The van der Waals surface area contributed by atoms with Crippen LogP contribution in [0.1, 0.15) is 32.1 Å². The Morgan fingerprint density at radius 2 is 2.10 bits per heavy atom. The number of carboxylic acids is 1. The summed E-state index contributed by atoms with van der Waals surface area (Å²) in [6.07, 6.45) is 3.57. The zero-order chi connectivity index (χ0) is 14.8. The molecule has 1 aliphatic carbocycles. The number of morpholine rings is 1. The number of carboxylic acid groups (broad SMARTS) is 1. The lowest BCUT2D eigenvalue weighted by Crippen LogP contribution is -2.55. The molecule has 7 heteroatoms. The molecular formula is C14H22N2O5.